The first-order chi connectivity index (χ1) is 11.2. The second-order valence-corrected chi connectivity index (χ2v) is 4.84. The highest BCUT2D eigenvalue weighted by Crippen LogP contribution is 2.28. The molecule has 6 heteroatoms. The van der Waals surface area contributed by atoms with Crippen molar-refractivity contribution in [2.45, 2.75) is 6.54 Å². The lowest BCUT2D eigenvalue weighted by atomic mass is 10.1. The predicted octanol–water partition coefficient (Wildman–Crippen LogP) is 2.53. The van der Waals surface area contributed by atoms with E-state index in [-0.39, 0.29) is 19.0 Å². The smallest absolute Gasteiger partial charge is 0.132 e. The predicted molar refractivity (Wildman–Crippen MR) is 89.9 cm³/mol. The molecule has 0 aromatic heterocycles. The van der Waals surface area contributed by atoms with Crippen LogP contribution in [-0.4, -0.2) is 31.5 Å². The van der Waals surface area contributed by atoms with Gasteiger partial charge in [0.25, 0.3) is 0 Å². The van der Waals surface area contributed by atoms with Crippen molar-refractivity contribution in [3.63, 3.8) is 0 Å². The number of aliphatic imine (C=N–C) groups is 1. The van der Waals surface area contributed by atoms with Crippen LogP contribution < -0.4 is 15.8 Å². The molecule has 5 nitrogen and oxygen atoms in total. The molecule has 0 aliphatic rings. The number of rotatable bonds is 7. The molecule has 0 saturated carbocycles. The van der Waals surface area contributed by atoms with E-state index in [0.717, 1.165) is 11.3 Å². The lowest BCUT2D eigenvalue weighted by Crippen LogP contribution is -2.07. The SMILES string of the molecule is CN=Cc1cc(Oc2ccc(F)cc2CN)ccc1NCCO. The third-order valence-electron chi connectivity index (χ3n) is 3.19. The Bertz CT molecular complexity index is 690. The Hall–Kier alpha value is -2.44. The van der Waals surface area contributed by atoms with Crippen LogP contribution in [0.2, 0.25) is 0 Å². The first-order valence-electron chi connectivity index (χ1n) is 7.25. The Morgan fingerprint density at radius 3 is 2.83 bits per heavy atom. The zero-order chi connectivity index (χ0) is 16.7. The second kappa shape index (κ2) is 8.26. The monoisotopic (exact) mass is 317 g/mol. The van der Waals surface area contributed by atoms with Gasteiger partial charge in [0.05, 0.1) is 6.61 Å². The maximum atomic E-state index is 13.3. The zero-order valence-corrected chi connectivity index (χ0v) is 12.9. The summed E-state index contributed by atoms with van der Waals surface area (Å²) in [6, 6.07) is 9.70. The van der Waals surface area contributed by atoms with Crippen molar-refractivity contribution in [2.24, 2.45) is 10.7 Å². The molecule has 0 aliphatic heterocycles. The molecule has 4 N–H and O–H groups in total. The highest BCUT2D eigenvalue weighted by molar-refractivity contribution is 5.88. The van der Waals surface area contributed by atoms with Gasteiger partial charge in [-0.3, -0.25) is 4.99 Å². The van der Waals surface area contributed by atoms with Crippen molar-refractivity contribution in [3.8, 4) is 11.5 Å². The summed E-state index contributed by atoms with van der Waals surface area (Å²) >= 11 is 0. The Balaban J connectivity index is 2.28. The van der Waals surface area contributed by atoms with Crippen LogP contribution in [0.15, 0.2) is 41.4 Å². The summed E-state index contributed by atoms with van der Waals surface area (Å²) in [6.07, 6.45) is 1.70. The quantitative estimate of drug-likeness (QED) is 0.686. The summed E-state index contributed by atoms with van der Waals surface area (Å²) < 4.78 is 19.1. The van der Waals surface area contributed by atoms with Gasteiger partial charge in [-0.2, -0.15) is 0 Å². The zero-order valence-electron chi connectivity index (χ0n) is 12.9. The van der Waals surface area contributed by atoms with Crippen LogP contribution in [0.3, 0.4) is 0 Å². The van der Waals surface area contributed by atoms with E-state index >= 15 is 0 Å². The van der Waals surface area contributed by atoms with Crippen LogP contribution in [0.25, 0.3) is 0 Å². The van der Waals surface area contributed by atoms with Crippen molar-refractivity contribution in [3.05, 3.63) is 53.3 Å². The summed E-state index contributed by atoms with van der Waals surface area (Å²) in [5.41, 5.74) is 7.90. The number of nitrogens with one attached hydrogen (secondary N) is 1. The van der Waals surface area contributed by atoms with E-state index in [4.69, 9.17) is 15.6 Å². The number of ether oxygens (including phenoxy) is 1. The second-order valence-electron chi connectivity index (χ2n) is 4.84. The third kappa shape index (κ3) is 4.51. The standard InChI is InChI=1S/C17H20FN3O2/c1-20-11-13-9-15(3-4-16(13)21-6-7-22)23-17-5-2-14(18)8-12(17)10-19/h2-5,8-9,11,21-22H,6-7,10,19H2,1H3. The molecule has 0 radical (unpaired) electrons. The topological polar surface area (TPSA) is 79.9 Å². The Kier molecular flexibility index (Phi) is 6.08. The van der Waals surface area contributed by atoms with Crippen molar-refractivity contribution >= 4 is 11.9 Å². The van der Waals surface area contributed by atoms with Crippen LogP contribution in [0, 0.1) is 5.82 Å². The van der Waals surface area contributed by atoms with Gasteiger partial charge in [0.15, 0.2) is 0 Å². The van der Waals surface area contributed by atoms with Crippen molar-refractivity contribution in [1.29, 1.82) is 0 Å². The van der Waals surface area contributed by atoms with Crippen LogP contribution in [0.5, 0.6) is 11.5 Å². The van der Waals surface area contributed by atoms with Crippen molar-refractivity contribution in [1.82, 2.24) is 0 Å². The number of nitrogens with two attached hydrogens (primary N) is 1. The fourth-order valence-corrected chi connectivity index (χ4v) is 2.14. The van der Waals surface area contributed by atoms with Crippen LogP contribution >= 0.6 is 0 Å². The maximum Gasteiger partial charge on any atom is 0.132 e. The molecule has 0 aliphatic carbocycles. The van der Waals surface area contributed by atoms with E-state index in [1.807, 2.05) is 12.1 Å². The number of anilines is 1. The summed E-state index contributed by atoms with van der Waals surface area (Å²) in [7, 11) is 1.68. The minimum atomic E-state index is -0.347. The lowest BCUT2D eigenvalue weighted by Gasteiger charge is -2.13. The minimum absolute atomic E-state index is 0.0381. The number of hydrogen-bond donors (Lipinski definition) is 3. The van der Waals surface area contributed by atoms with Gasteiger partial charge in [0.1, 0.15) is 17.3 Å². The number of benzene rings is 2. The highest BCUT2D eigenvalue weighted by Gasteiger charge is 2.08. The van der Waals surface area contributed by atoms with Gasteiger partial charge in [0.2, 0.25) is 0 Å². The first kappa shape index (κ1) is 16.9. The normalized spacial score (nSPS) is 11.0. The molecule has 23 heavy (non-hydrogen) atoms. The molecular weight excluding hydrogens is 297 g/mol. The van der Waals surface area contributed by atoms with Gasteiger partial charge < -0.3 is 20.9 Å². The van der Waals surface area contributed by atoms with E-state index in [2.05, 4.69) is 10.3 Å². The summed E-state index contributed by atoms with van der Waals surface area (Å²) in [6.45, 7) is 0.670. The average Bonchev–Trinajstić information content (AvgIpc) is 2.56. The molecular formula is C17H20FN3O2. The lowest BCUT2D eigenvalue weighted by molar-refractivity contribution is 0.311. The molecule has 2 rings (SSSR count). The van der Waals surface area contributed by atoms with E-state index in [1.165, 1.54) is 12.1 Å². The van der Waals surface area contributed by atoms with E-state index in [1.54, 1.807) is 25.4 Å². The van der Waals surface area contributed by atoms with E-state index in [0.29, 0.717) is 23.6 Å². The molecule has 0 heterocycles. The molecule has 122 valence electrons. The van der Waals surface area contributed by atoms with Gasteiger partial charge in [-0.05, 0) is 36.4 Å². The fourth-order valence-electron chi connectivity index (χ4n) is 2.14. The fraction of sp³-hybridized carbons (Fsp3) is 0.235. The van der Waals surface area contributed by atoms with E-state index < -0.39 is 0 Å². The molecule has 2 aromatic carbocycles. The number of aliphatic hydroxyl groups excluding tert-OH is 1. The number of halogens is 1. The van der Waals surface area contributed by atoms with E-state index in [9.17, 15) is 4.39 Å². The van der Waals surface area contributed by atoms with Crippen LogP contribution in [-0.2, 0) is 6.54 Å². The molecule has 0 unspecified atom stereocenters. The maximum absolute atomic E-state index is 13.3. The molecule has 0 fully saturated rings. The Labute approximate surface area is 134 Å². The molecule has 0 saturated heterocycles. The minimum Gasteiger partial charge on any atom is -0.457 e. The Morgan fingerprint density at radius 1 is 1.30 bits per heavy atom. The van der Waals surface area contributed by atoms with Gasteiger partial charge in [-0.15, -0.1) is 0 Å². The van der Waals surface area contributed by atoms with Crippen LogP contribution in [0.4, 0.5) is 10.1 Å². The van der Waals surface area contributed by atoms with Crippen molar-refractivity contribution < 1.29 is 14.2 Å². The highest BCUT2D eigenvalue weighted by atomic mass is 19.1. The number of nitrogens with zero attached hydrogens (tertiary/aromatic N) is 1. The summed E-state index contributed by atoms with van der Waals surface area (Å²) in [5.74, 6) is 0.764. The third-order valence-corrected chi connectivity index (χ3v) is 3.19. The van der Waals surface area contributed by atoms with Crippen molar-refractivity contribution in [2.75, 3.05) is 25.5 Å². The Morgan fingerprint density at radius 2 is 2.13 bits per heavy atom. The molecule has 2 aromatic rings. The van der Waals surface area contributed by atoms with Crippen LogP contribution in [0.1, 0.15) is 11.1 Å². The van der Waals surface area contributed by atoms with Gasteiger partial charge in [-0.25, -0.2) is 4.39 Å². The average molecular weight is 317 g/mol. The molecule has 0 spiro atoms. The molecule has 0 bridgehead atoms. The van der Waals surface area contributed by atoms with Gasteiger partial charge in [-0.1, -0.05) is 0 Å². The molecule has 0 amide bonds. The summed E-state index contributed by atoms with van der Waals surface area (Å²) in [5, 5.41) is 12.0. The van der Waals surface area contributed by atoms with Gasteiger partial charge >= 0.3 is 0 Å². The summed E-state index contributed by atoms with van der Waals surface area (Å²) in [4.78, 5) is 4.02. The number of hydrogen-bond acceptors (Lipinski definition) is 5. The molecule has 0 atom stereocenters. The largest absolute Gasteiger partial charge is 0.457 e. The van der Waals surface area contributed by atoms with Gasteiger partial charge in [0, 0.05) is 43.2 Å². The number of aliphatic hydroxyl groups is 1. The first-order valence-corrected chi connectivity index (χ1v) is 7.25.